The number of hydrogen-bond acceptors (Lipinski definition) is 3. The van der Waals surface area contributed by atoms with Gasteiger partial charge < -0.3 is 5.32 Å². The molecule has 3 nitrogen and oxygen atoms in total. The minimum atomic E-state index is 0.240. The van der Waals surface area contributed by atoms with Crippen molar-refractivity contribution in [1.29, 1.82) is 0 Å². The molecule has 0 saturated heterocycles. The molecule has 1 aromatic heterocycles. The number of nitrogens with one attached hydrogen (secondary N) is 1. The number of rotatable bonds is 4. The third-order valence-electron chi connectivity index (χ3n) is 2.85. The molecule has 1 fully saturated rings. The van der Waals surface area contributed by atoms with E-state index >= 15 is 0 Å². The van der Waals surface area contributed by atoms with Crippen LogP contribution < -0.4 is 5.32 Å². The Balaban J connectivity index is 1.67. The molecule has 0 spiro atoms. The number of aromatic nitrogens is 1. The van der Waals surface area contributed by atoms with Crippen LogP contribution in [0.5, 0.6) is 0 Å². The first kappa shape index (κ1) is 10.6. The van der Waals surface area contributed by atoms with Crippen molar-refractivity contribution in [3.05, 3.63) is 16.6 Å². The lowest BCUT2D eigenvalue weighted by molar-refractivity contribution is -0.124. The van der Waals surface area contributed by atoms with Gasteiger partial charge >= 0.3 is 0 Å². The van der Waals surface area contributed by atoms with Crippen molar-refractivity contribution in [1.82, 2.24) is 10.3 Å². The molecule has 15 heavy (non-hydrogen) atoms. The van der Waals surface area contributed by atoms with Gasteiger partial charge in [-0.1, -0.05) is 12.8 Å². The predicted octanol–water partition coefficient (Wildman–Crippen LogP) is 1.99. The Hall–Kier alpha value is -0.900. The molecule has 1 heterocycles. The van der Waals surface area contributed by atoms with Crippen molar-refractivity contribution in [3.8, 4) is 0 Å². The molecule has 1 amide bonds. The molecule has 0 aliphatic heterocycles. The van der Waals surface area contributed by atoms with Crippen LogP contribution in [0.25, 0.3) is 0 Å². The zero-order valence-corrected chi connectivity index (χ0v) is 9.55. The monoisotopic (exact) mass is 224 g/mol. The van der Waals surface area contributed by atoms with Crippen molar-refractivity contribution in [2.45, 2.75) is 32.1 Å². The first-order valence-electron chi connectivity index (χ1n) is 5.52. The molecule has 82 valence electrons. The van der Waals surface area contributed by atoms with Crippen LogP contribution in [0.4, 0.5) is 0 Å². The maximum atomic E-state index is 11.6. The molecule has 1 N–H and O–H groups in total. The SMILES string of the molecule is O=C(NCCc1nccs1)C1CCCC1. The summed E-state index contributed by atoms with van der Waals surface area (Å²) < 4.78 is 0. The standard InChI is InChI=1S/C11H16N2OS/c14-11(9-3-1-2-4-9)13-6-5-10-12-7-8-15-10/h7-9H,1-6H2,(H,13,14). The fraction of sp³-hybridized carbons (Fsp3) is 0.636. The molecule has 0 unspecified atom stereocenters. The minimum absolute atomic E-state index is 0.240. The normalized spacial score (nSPS) is 16.8. The highest BCUT2D eigenvalue weighted by molar-refractivity contribution is 7.09. The summed E-state index contributed by atoms with van der Waals surface area (Å²) in [7, 11) is 0. The van der Waals surface area contributed by atoms with E-state index in [9.17, 15) is 4.79 Å². The van der Waals surface area contributed by atoms with Crippen molar-refractivity contribution >= 4 is 17.2 Å². The van der Waals surface area contributed by atoms with Crippen molar-refractivity contribution in [2.24, 2.45) is 5.92 Å². The maximum Gasteiger partial charge on any atom is 0.223 e. The summed E-state index contributed by atoms with van der Waals surface area (Å²) in [6.07, 6.45) is 7.23. The Morgan fingerprint density at radius 2 is 2.33 bits per heavy atom. The summed E-state index contributed by atoms with van der Waals surface area (Å²) in [6.45, 7) is 0.725. The highest BCUT2D eigenvalue weighted by atomic mass is 32.1. The second-order valence-electron chi connectivity index (χ2n) is 3.95. The Bertz CT molecular complexity index is 304. The fourth-order valence-electron chi connectivity index (χ4n) is 2.00. The van der Waals surface area contributed by atoms with Crippen LogP contribution in [-0.4, -0.2) is 17.4 Å². The van der Waals surface area contributed by atoms with Gasteiger partial charge in [-0.2, -0.15) is 0 Å². The van der Waals surface area contributed by atoms with Crippen LogP contribution >= 0.6 is 11.3 Å². The van der Waals surface area contributed by atoms with Gasteiger partial charge in [-0.05, 0) is 12.8 Å². The lowest BCUT2D eigenvalue weighted by atomic mass is 10.1. The van der Waals surface area contributed by atoms with E-state index < -0.39 is 0 Å². The van der Waals surface area contributed by atoms with Crippen LogP contribution in [-0.2, 0) is 11.2 Å². The van der Waals surface area contributed by atoms with Crippen molar-refractivity contribution in [3.63, 3.8) is 0 Å². The lowest BCUT2D eigenvalue weighted by Gasteiger charge is -2.09. The Kier molecular flexibility index (Phi) is 3.72. The summed E-state index contributed by atoms with van der Waals surface area (Å²) in [5.74, 6) is 0.519. The van der Waals surface area contributed by atoms with Gasteiger partial charge in [0.1, 0.15) is 0 Å². The Morgan fingerprint density at radius 1 is 1.53 bits per heavy atom. The van der Waals surface area contributed by atoms with Crippen LogP contribution in [0.15, 0.2) is 11.6 Å². The molecule has 4 heteroatoms. The largest absolute Gasteiger partial charge is 0.355 e. The second-order valence-corrected chi connectivity index (χ2v) is 4.93. The summed E-state index contributed by atoms with van der Waals surface area (Å²) in [4.78, 5) is 15.8. The first-order chi connectivity index (χ1) is 7.36. The van der Waals surface area contributed by atoms with Gasteiger partial charge in [0.2, 0.25) is 5.91 Å². The van der Waals surface area contributed by atoms with E-state index in [1.807, 2.05) is 5.38 Å². The number of amides is 1. The molecule has 0 radical (unpaired) electrons. The van der Waals surface area contributed by atoms with Crippen LogP contribution in [0.2, 0.25) is 0 Å². The molecule has 1 aliphatic rings. The summed E-state index contributed by atoms with van der Waals surface area (Å²) in [5.41, 5.74) is 0. The highest BCUT2D eigenvalue weighted by Gasteiger charge is 2.21. The van der Waals surface area contributed by atoms with Crippen LogP contribution in [0.1, 0.15) is 30.7 Å². The average Bonchev–Trinajstić information content (AvgIpc) is 2.90. The van der Waals surface area contributed by atoms with Gasteiger partial charge in [0.05, 0.1) is 5.01 Å². The van der Waals surface area contributed by atoms with Gasteiger partial charge in [0.25, 0.3) is 0 Å². The van der Waals surface area contributed by atoms with E-state index in [1.165, 1.54) is 12.8 Å². The van der Waals surface area contributed by atoms with E-state index in [-0.39, 0.29) is 11.8 Å². The average molecular weight is 224 g/mol. The van der Waals surface area contributed by atoms with E-state index in [0.29, 0.717) is 0 Å². The lowest BCUT2D eigenvalue weighted by Crippen LogP contribution is -2.30. The molecular formula is C11H16N2OS. The highest BCUT2D eigenvalue weighted by Crippen LogP contribution is 2.24. The summed E-state index contributed by atoms with van der Waals surface area (Å²) >= 11 is 1.64. The quantitative estimate of drug-likeness (QED) is 0.850. The number of hydrogen-bond donors (Lipinski definition) is 1. The zero-order chi connectivity index (χ0) is 10.5. The molecule has 1 aliphatic carbocycles. The van der Waals surface area contributed by atoms with E-state index in [2.05, 4.69) is 10.3 Å². The van der Waals surface area contributed by atoms with Crippen molar-refractivity contribution < 1.29 is 4.79 Å². The van der Waals surface area contributed by atoms with Gasteiger partial charge in [0.15, 0.2) is 0 Å². The Morgan fingerprint density at radius 3 is 3.00 bits per heavy atom. The molecule has 0 bridgehead atoms. The molecule has 1 saturated carbocycles. The number of thiazole rings is 1. The molecule has 0 atom stereocenters. The molecule has 0 aromatic carbocycles. The second kappa shape index (κ2) is 5.26. The summed E-state index contributed by atoms with van der Waals surface area (Å²) in [6, 6.07) is 0. The summed E-state index contributed by atoms with van der Waals surface area (Å²) in [5, 5.41) is 6.06. The fourth-order valence-corrected chi connectivity index (χ4v) is 2.62. The van der Waals surface area contributed by atoms with E-state index in [1.54, 1.807) is 17.5 Å². The first-order valence-corrected chi connectivity index (χ1v) is 6.40. The molecule has 2 rings (SSSR count). The van der Waals surface area contributed by atoms with Crippen molar-refractivity contribution in [2.75, 3.05) is 6.54 Å². The molecule has 1 aromatic rings. The van der Waals surface area contributed by atoms with Crippen LogP contribution in [0, 0.1) is 5.92 Å². The number of carbonyl (C=O) groups is 1. The third-order valence-corrected chi connectivity index (χ3v) is 3.69. The maximum absolute atomic E-state index is 11.6. The van der Waals surface area contributed by atoms with Gasteiger partial charge in [-0.25, -0.2) is 4.98 Å². The van der Waals surface area contributed by atoms with Crippen LogP contribution in [0.3, 0.4) is 0 Å². The van der Waals surface area contributed by atoms with Gasteiger partial charge in [0, 0.05) is 30.5 Å². The smallest absolute Gasteiger partial charge is 0.223 e. The van der Waals surface area contributed by atoms with E-state index in [4.69, 9.17) is 0 Å². The molecular weight excluding hydrogens is 208 g/mol. The number of nitrogens with zero attached hydrogens (tertiary/aromatic N) is 1. The predicted molar refractivity (Wildman–Crippen MR) is 60.8 cm³/mol. The minimum Gasteiger partial charge on any atom is -0.355 e. The third kappa shape index (κ3) is 3.02. The van der Waals surface area contributed by atoms with Gasteiger partial charge in [-0.3, -0.25) is 4.79 Å². The van der Waals surface area contributed by atoms with Gasteiger partial charge in [-0.15, -0.1) is 11.3 Å². The number of carbonyl (C=O) groups excluding carboxylic acids is 1. The Labute approximate surface area is 93.9 Å². The topological polar surface area (TPSA) is 42.0 Å². The van der Waals surface area contributed by atoms with E-state index in [0.717, 1.165) is 30.8 Å². The zero-order valence-electron chi connectivity index (χ0n) is 8.74.